The van der Waals surface area contributed by atoms with Crippen LogP contribution in [0.2, 0.25) is 10.3 Å². The summed E-state index contributed by atoms with van der Waals surface area (Å²) in [6.07, 6.45) is 3.01. The van der Waals surface area contributed by atoms with E-state index in [4.69, 9.17) is 34.0 Å². The van der Waals surface area contributed by atoms with Crippen LogP contribution in [-0.4, -0.2) is 21.7 Å². The first-order valence-corrected chi connectivity index (χ1v) is 4.16. The fraction of sp³-hybridized carbons (Fsp3) is 0.143. The Morgan fingerprint density at radius 2 is 1.85 bits per heavy atom. The fourth-order valence-corrected chi connectivity index (χ4v) is 1.27. The molecule has 0 aliphatic rings. The second-order valence-corrected chi connectivity index (χ2v) is 2.88. The lowest BCUT2D eigenvalue weighted by atomic mass is 10.3. The van der Waals surface area contributed by atoms with Gasteiger partial charge in [0.15, 0.2) is 0 Å². The van der Waals surface area contributed by atoms with E-state index >= 15 is 0 Å². The summed E-state index contributed by atoms with van der Waals surface area (Å²) in [5.41, 5.74) is 5.74. The summed E-state index contributed by atoms with van der Waals surface area (Å²) in [7, 11) is 0. The van der Waals surface area contributed by atoms with Crippen molar-refractivity contribution in [2.24, 2.45) is 0 Å². The van der Waals surface area contributed by atoms with E-state index in [0.717, 1.165) is 0 Å². The molecule has 0 radical (unpaired) electrons. The molecular formula is C7H7Cl2N3O. The lowest BCUT2D eigenvalue weighted by molar-refractivity contribution is 0.343. The molecule has 1 rings (SSSR count). The van der Waals surface area contributed by atoms with Crippen molar-refractivity contribution in [2.45, 2.75) is 0 Å². The van der Waals surface area contributed by atoms with E-state index in [2.05, 4.69) is 9.97 Å². The highest BCUT2D eigenvalue weighted by atomic mass is 35.5. The highest BCUT2D eigenvalue weighted by molar-refractivity contribution is 6.35. The van der Waals surface area contributed by atoms with Gasteiger partial charge in [-0.1, -0.05) is 35.4 Å². The van der Waals surface area contributed by atoms with Crippen LogP contribution in [0.4, 0.5) is 5.95 Å². The fourth-order valence-electron chi connectivity index (χ4n) is 0.740. The van der Waals surface area contributed by atoms with E-state index in [1.807, 2.05) is 0 Å². The van der Waals surface area contributed by atoms with Crippen molar-refractivity contribution in [2.75, 3.05) is 12.3 Å². The van der Waals surface area contributed by atoms with Crippen LogP contribution >= 0.6 is 23.2 Å². The van der Waals surface area contributed by atoms with Crippen LogP contribution in [0.15, 0.2) is 6.08 Å². The monoisotopic (exact) mass is 219 g/mol. The summed E-state index contributed by atoms with van der Waals surface area (Å²) in [6, 6.07) is 0. The van der Waals surface area contributed by atoms with Gasteiger partial charge in [-0.25, -0.2) is 9.97 Å². The van der Waals surface area contributed by atoms with Crippen molar-refractivity contribution in [1.29, 1.82) is 0 Å². The molecule has 0 unspecified atom stereocenters. The number of rotatable bonds is 2. The summed E-state index contributed by atoms with van der Waals surface area (Å²) in [6.45, 7) is -0.100. The molecule has 0 bridgehead atoms. The maximum atomic E-state index is 8.53. The van der Waals surface area contributed by atoms with Crippen molar-refractivity contribution in [3.05, 3.63) is 21.9 Å². The predicted octanol–water partition coefficient (Wildman–Crippen LogP) is 1.37. The van der Waals surface area contributed by atoms with Gasteiger partial charge >= 0.3 is 0 Å². The Morgan fingerprint density at radius 1 is 1.31 bits per heavy atom. The highest BCUT2D eigenvalue weighted by Gasteiger charge is 2.06. The van der Waals surface area contributed by atoms with Gasteiger partial charge < -0.3 is 10.8 Å². The van der Waals surface area contributed by atoms with Crippen LogP contribution in [-0.2, 0) is 0 Å². The Hall–Kier alpha value is -0.840. The Labute approximate surface area is 85.0 Å². The molecule has 0 fully saturated rings. The first-order valence-electron chi connectivity index (χ1n) is 3.41. The molecule has 0 amide bonds. The zero-order valence-corrected chi connectivity index (χ0v) is 8.05. The Bertz CT molecular complexity index is 318. The lowest BCUT2D eigenvalue weighted by Crippen LogP contribution is -1.97. The third-order valence-electron chi connectivity index (χ3n) is 1.26. The minimum absolute atomic E-state index is 0.0242. The number of nitrogens with zero attached hydrogens (tertiary/aromatic N) is 2. The number of aromatic nitrogens is 2. The number of aliphatic hydroxyl groups excluding tert-OH is 1. The minimum Gasteiger partial charge on any atom is -0.392 e. The van der Waals surface area contributed by atoms with Gasteiger partial charge in [-0.15, -0.1) is 0 Å². The minimum atomic E-state index is -0.100. The number of aliphatic hydroxyl groups is 1. The van der Waals surface area contributed by atoms with Crippen molar-refractivity contribution >= 4 is 35.2 Å². The number of nitrogen functional groups attached to an aromatic ring is 1. The second-order valence-electron chi connectivity index (χ2n) is 2.16. The first kappa shape index (κ1) is 10.2. The summed E-state index contributed by atoms with van der Waals surface area (Å²) < 4.78 is 0. The zero-order valence-electron chi connectivity index (χ0n) is 6.54. The van der Waals surface area contributed by atoms with Gasteiger partial charge in [0.1, 0.15) is 10.3 Å². The lowest BCUT2D eigenvalue weighted by Gasteiger charge is -2.00. The Kier molecular flexibility index (Phi) is 3.48. The first-order chi connectivity index (χ1) is 6.15. The number of anilines is 1. The van der Waals surface area contributed by atoms with Gasteiger partial charge in [0.25, 0.3) is 0 Å². The smallest absolute Gasteiger partial charge is 0.222 e. The summed E-state index contributed by atoms with van der Waals surface area (Å²) >= 11 is 11.4. The van der Waals surface area contributed by atoms with Crippen LogP contribution in [0.25, 0.3) is 6.08 Å². The molecule has 13 heavy (non-hydrogen) atoms. The molecule has 1 aromatic heterocycles. The molecule has 0 aliphatic heterocycles. The molecule has 1 aromatic rings. The van der Waals surface area contributed by atoms with Crippen molar-refractivity contribution in [1.82, 2.24) is 9.97 Å². The molecule has 0 spiro atoms. The Balaban J connectivity index is 3.13. The third kappa shape index (κ3) is 2.55. The normalized spacial score (nSPS) is 11.0. The molecule has 4 nitrogen and oxygen atoms in total. The van der Waals surface area contributed by atoms with Gasteiger partial charge in [0, 0.05) is 5.56 Å². The van der Waals surface area contributed by atoms with E-state index in [9.17, 15) is 0 Å². The Morgan fingerprint density at radius 3 is 2.31 bits per heavy atom. The van der Waals surface area contributed by atoms with Crippen molar-refractivity contribution < 1.29 is 5.11 Å². The highest BCUT2D eigenvalue weighted by Crippen LogP contribution is 2.22. The summed E-state index contributed by atoms with van der Waals surface area (Å²) in [4.78, 5) is 7.40. The molecule has 0 atom stereocenters. The van der Waals surface area contributed by atoms with E-state index in [-0.39, 0.29) is 22.9 Å². The van der Waals surface area contributed by atoms with Gasteiger partial charge in [-0.3, -0.25) is 0 Å². The van der Waals surface area contributed by atoms with Gasteiger partial charge in [-0.05, 0) is 0 Å². The number of halogens is 2. The second kappa shape index (κ2) is 4.41. The molecule has 0 aliphatic carbocycles. The van der Waals surface area contributed by atoms with E-state index in [0.29, 0.717) is 5.56 Å². The van der Waals surface area contributed by atoms with Crippen LogP contribution in [0.5, 0.6) is 0 Å². The quantitative estimate of drug-likeness (QED) is 0.738. The average molecular weight is 220 g/mol. The zero-order chi connectivity index (χ0) is 9.84. The van der Waals surface area contributed by atoms with E-state index in [1.165, 1.54) is 12.2 Å². The van der Waals surface area contributed by atoms with Gasteiger partial charge in [-0.2, -0.15) is 0 Å². The SMILES string of the molecule is Nc1nc(Cl)c(C=CCO)c(Cl)n1. The molecule has 1 heterocycles. The summed E-state index contributed by atoms with van der Waals surface area (Å²) in [5.74, 6) is 0.0242. The van der Waals surface area contributed by atoms with Crippen LogP contribution in [0.1, 0.15) is 5.56 Å². The maximum absolute atomic E-state index is 8.53. The molecule has 70 valence electrons. The topological polar surface area (TPSA) is 72.0 Å². The number of hydrogen-bond donors (Lipinski definition) is 2. The molecule has 0 aromatic carbocycles. The number of hydrogen-bond acceptors (Lipinski definition) is 4. The molecule has 3 N–H and O–H groups in total. The van der Waals surface area contributed by atoms with Crippen LogP contribution in [0, 0.1) is 0 Å². The predicted molar refractivity (Wildman–Crippen MR) is 52.6 cm³/mol. The van der Waals surface area contributed by atoms with E-state index in [1.54, 1.807) is 0 Å². The summed E-state index contributed by atoms with van der Waals surface area (Å²) in [5, 5.41) is 8.86. The third-order valence-corrected chi connectivity index (χ3v) is 1.84. The van der Waals surface area contributed by atoms with Gasteiger partial charge in [0.05, 0.1) is 6.61 Å². The standard InChI is InChI=1S/C7H7Cl2N3O/c8-5-4(2-1-3-13)6(9)12-7(10)11-5/h1-2,13H,3H2,(H2,10,11,12). The molecule has 0 saturated carbocycles. The van der Waals surface area contributed by atoms with Crippen LogP contribution < -0.4 is 5.73 Å². The van der Waals surface area contributed by atoms with Crippen molar-refractivity contribution in [3.63, 3.8) is 0 Å². The molecule has 6 heteroatoms. The average Bonchev–Trinajstić information content (AvgIpc) is 2.02. The maximum Gasteiger partial charge on any atom is 0.222 e. The number of nitrogens with two attached hydrogens (primary N) is 1. The molecular weight excluding hydrogens is 213 g/mol. The van der Waals surface area contributed by atoms with Crippen LogP contribution in [0.3, 0.4) is 0 Å². The van der Waals surface area contributed by atoms with E-state index < -0.39 is 0 Å². The van der Waals surface area contributed by atoms with Crippen molar-refractivity contribution in [3.8, 4) is 0 Å². The molecule has 0 saturated heterocycles. The largest absolute Gasteiger partial charge is 0.392 e. The van der Waals surface area contributed by atoms with Gasteiger partial charge in [0.2, 0.25) is 5.95 Å².